The molecule has 4 rings (SSSR count). The molecule has 1 saturated heterocycles. The first-order valence-electron chi connectivity index (χ1n) is 10.6. The zero-order valence-corrected chi connectivity index (χ0v) is 17.7. The van der Waals surface area contributed by atoms with Crippen molar-refractivity contribution in [2.24, 2.45) is 5.92 Å². The van der Waals surface area contributed by atoms with E-state index in [4.69, 9.17) is 0 Å². The summed E-state index contributed by atoms with van der Waals surface area (Å²) in [6.45, 7) is 2.10. The van der Waals surface area contributed by atoms with Crippen molar-refractivity contribution >= 4 is 16.5 Å². The van der Waals surface area contributed by atoms with Crippen LogP contribution in [-0.2, 0) is 6.42 Å². The number of nitrogens with zero attached hydrogens (tertiary/aromatic N) is 3. The maximum absolute atomic E-state index is 10.0. The number of benzene rings is 1. The van der Waals surface area contributed by atoms with Gasteiger partial charge in [-0.15, -0.1) is 11.3 Å². The van der Waals surface area contributed by atoms with Crippen LogP contribution in [0.1, 0.15) is 60.9 Å². The maximum Gasteiger partial charge on any atom is 0.186 e. The molecule has 2 aliphatic rings. The van der Waals surface area contributed by atoms with E-state index in [9.17, 15) is 10.4 Å². The molecule has 1 aromatic heterocycles. The average molecular weight is 406 g/mol. The molecule has 150 valence electrons. The lowest BCUT2D eigenvalue weighted by atomic mass is 9.76. The number of aliphatic hydroxyl groups excluding tert-OH is 1. The molecule has 0 spiro atoms. The molecule has 29 heavy (non-hydrogen) atoms. The van der Waals surface area contributed by atoms with E-state index in [1.165, 1.54) is 30.6 Å². The molecule has 1 saturated carbocycles. The highest BCUT2D eigenvalue weighted by atomic mass is 32.1. The minimum atomic E-state index is -0.303. The van der Waals surface area contributed by atoms with Crippen LogP contribution in [0.15, 0.2) is 30.5 Å². The number of thiazole rings is 1. The van der Waals surface area contributed by atoms with Crippen molar-refractivity contribution in [3.63, 3.8) is 0 Å². The lowest BCUT2D eigenvalue weighted by Gasteiger charge is -2.51. The van der Waals surface area contributed by atoms with E-state index in [1.807, 2.05) is 23.2 Å². The zero-order valence-electron chi connectivity index (χ0n) is 16.8. The molecule has 0 bridgehead atoms. The van der Waals surface area contributed by atoms with Gasteiger partial charge in [-0.05, 0) is 42.9 Å². The van der Waals surface area contributed by atoms with E-state index in [1.54, 1.807) is 11.3 Å². The van der Waals surface area contributed by atoms with Crippen LogP contribution in [0.5, 0.6) is 0 Å². The summed E-state index contributed by atoms with van der Waals surface area (Å²) >= 11 is 1.61. The molecular weight excluding hydrogens is 378 g/mol. The van der Waals surface area contributed by atoms with Crippen LogP contribution in [0, 0.1) is 29.1 Å². The second kappa shape index (κ2) is 8.99. The molecule has 2 heterocycles. The number of anilines is 1. The van der Waals surface area contributed by atoms with Crippen molar-refractivity contribution < 1.29 is 5.11 Å². The SMILES string of the molecule is CCc1cnc(N2[C@H](C#N)[C@@H](c3ccc(C#CCC4CCCC4)cc3)[C@@H]2CO)s1. The third kappa shape index (κ3) is 4.04. The van der Waals surface area contributed by atoms with Crippen LogP contribution in [-0.4, -0.2) is 28.8 Å². The number of aliphatic hydroxyl groups is 1. The Morgan fingerprint density at radius 2 is 2.00 bits per heavy atom. The van der Waals surface area contributed by atoms with Crippen LogP contribution in [0.3, 0.4) is 0 Å². The van der Waals surface area contributed by atoms with Crippen molar-refractivity contribution in [1.29, 1.82) is 5.26 Å². The van der Waals surface area contributed by atoms with Gasteiger partial charge in [-0.25, -0.2) is 4.98 Å². The molecule has 1 N–H and O–H groups in total. The Hall–Kier alpha value is -2.34. The van der Waals surface area contributed by atoms with Gasteiger partial charge in [0, 0.05) is 29.0 Å². The minimum absolute atomic E-state index is 0.00678. The number of aromatic nitrogens is 1. The van der Waals surface area contributed by atoms with Gasteiger partial charge < -0.3 is 10.0 Å². The van der Waals surface area contributed by atoms with E-state index in [0.717, 1.165) is 35.0 Å². The first kappa shape index (κ1) is 20.0. The molecule has 4 nitrogen and oxygen atoms in total. The molecule has 1 aliphatic heterocycles. The minimum Gasteiger partial charge on any atom is -0.394 e. The summed E-state index contributed by atoms with van der Waals surface area (Å²) in [5.41, 5.74) is 2.10. The zero-order chi connectivity index (χ0) is 20.2. The smallest absolute Gasteiger partial charge is 0.186 e. The molecule has 0 radical (unpaired) electrons. The highest BCUT2D eigenvalue weighted by Gasteiger charge is 2.50. The van der Waals surface area contributed by atoms with E-state index < -0.39 is 0 Å². The van der Waals surface area contributed by atoms with Gasteiger partial charge in [0.15, 0.2) is 5.13 Å². The Balaban J connectivity index is 1.47. The standard InChI is InChI=1S/C24H27N3OS/c1-2-20-15-26-24(29-20)27-21(14-25)23(22(27)16-28)19-12-10-18(11-13-19)9-5-8-17-6-3-4-7-17/h10-13,15,17,21-23,28H,2-4,6-8,16H2,1H3/t21-,22+,23-/m1/s1. The normalized spacial score (nSPS) is 23.9. The predicted octanol–water partition coefficient (Wildman–Crippen LogP) is 4.49. The highest BCUT2D eigenvalue weighted by molar-refractivity contribution is 7.15. The summed E-state index contributed by atoms with van der Waals surface area (Å²) in [4.78, 5) is 7.65. The lowest BCUT2D eigenvalue weighted by molar-refractivity contribution is 0.187. The van der Waals surface area contributed by atoms with Crippen molar-refractivity contribution in [2.45, 2.75) is 63.5 Å². The number of hydrogen-bond donors (Lipinski definition) is 1. The van der Waals surface area contributed by atoms with Crippen molar-refractivity contribution in [2.75, 3.05) is 11.5 Å². The van der Waals surface area contributed by atoms with Gasteiger partial charge in [-0.1, -0.05) is 43.7 Å². The number of rotatable bonds is 5. The largest absolute Gasteiger partial charge is 0.394 e. The molecule has 2 fully saturated rings. The second-order valence-corrected chi connectivity index (χ2v) is 9.09. The van der Waals surface area contributed by atoms with Gasteiger partial charge in [0.2, 0.25) is 0 Å². The van der Waals surface area contributed by atoms with Crippen molar-refractivity contribution in [1.82, 2.24) is 4.98 Å². The molecule has 1 aromatic carbocycles. The molecule has 1 aliphatic carbocycles. The first-order chi connectivity index (χ1) is 14.2. The van der Waals surface area contributed by atoms with Gasteiger partial charge in [-0.2, -0.15) is 5.26 Å². The van der Waals surface area contributed by atoms with Gasteiger partial charge in [0.1, 0.15) is 6.04 Å². The predicted molar refractivity (Wildman–Crippen MR) is 117 cm³/mol. The molecule has 5 heteroatoms. The molecule has 0 unspecified atom stereocenters. The molecule has 2 aromatic rings. The quantitative estimate of drug-likeness (QED) is 0.745. The summed E-state index contributed by atoms with van der Waals surface area (Å²) in [5, 5.41) is 20.6. The number of hydrogen-bond acceptors (Lipinski definition) is 5. The Bertz CT molecular complexity index is 928. The van der Waals surface area contributed by atoms with Crippen molar-refractivity contribution in [3.05, 3.63) is 46.5 Å². The van der Waals surface area contributed by atoms with Crippen LogP contribution >= 0.6 is 11.3 Å². The van der Waals surface area contributed by atoms with Crippen LogP contribution < -0.4 is 4.90 Å². The van der Waals surface area contributed by atoms with Gasteiger partial charge in [-0.3, -0.25) is 0 Å². The van der Waals surface area contributed by atoms with E-state index in [2.05, 4.69) is 42.0 Å². The number of aryl methyl sites for hydroxylation is 1. The van der Waals surface area contributed by atoms with Gasteiger partial charge in [0.25, 0.3) is 0 Å². The summed E-state index contributed by atoms with van der Waals surface area (Å²) in [6, 6.07) is 10.2. The van der Waals surface area contributed by atoms with Crippen LogP contribution in [0.2, 0.25) is 0 Å². The topological polar surface area (TPSA) is 60.2 Å². The van der Waals surface area contributed by atoms with E-state index in [0.29, 0.717) is 0 Å². The summed E-state index contributed by atoms with van der Waals surface area (Å²) in [7, 11) is 0. The second-order valence-electron chi connectivity index (χ2n) is 8.00. The fraction of sp³-hybridized carbons (Fsp3) is 0.500. The fourth-order valence-corrected chi connectivity index (χ4v) is 5.50. The molecule has 0 amide bonds. The average Bonchev–Trinajstić information content (AvgIpc) is 3.41. The number of nitriles is 1. The summed E-state index contributed by atoms with van der Waals surface area (Å²) in [5.74, 6) is 7.39. The van der Waals surface area contributed by atoms with Crippen LogP contribution in [0.25, 0.3) is 0 Å². The summed E-state index contributed by atoms with van der Waals surface area (Å²) in [6.07, 6.45) is 9.15. The van der Waals surface area contributed by atoms with Crippen molar-refractivity contribution in [3.8, 4) is 17.9 Å². The van der Waals surface area contributed by atoms with Gasteiger partial charge >= 0.3 is 0 Å². The van der Waals surface area contributed by atoms with Gasteiger partial charge in [0.05, 0.1) is 18.7 Å². The van der Waals surface area contributed by atoms with Crippen LogP contribution in [0.4, 0.5) is 5.13 Å². The lowest BCUT2D eigenvalue weighted by Crippen LogP contribution is -2.63. The third-order valence-electron chi connectivity index (χ3n) is 6.24. The Labute approximate surface area is 177 Å². The third-order valence-corrected chi connectivity index (χ3v) is 7.39. The first-order valence-corrected chi connectivity index (χ1v) is 11.4. The monoisotopic (exact) mass is 405 g/mol. The fourth-order valence-electron chi connectivity index (χ4n) is 4.55. The van der Waals surface area contributed by atoms with E-state index >= 15 is 0 Å². The molecule has 3 atom stereocenters. The molecular formula is C24H27N3OS. The van der Waals surface area contributed by atoms with E-state index in [-0.39, 0.29) is 24.6 Å². The summed E-state index contributed by atoms with van der Waals surface area (Å²) < 4.78 is 0. The highest BCUT2D eigenvalue weighted by Crippen LogP contribution is 2.44. The Morgan fingerprint density at radius 3 is 2.62 bits per heavy atom. The maximum atomic E-state index is 10.0. The Kier molecular flexibility index (Phi) is 6.19. The Morgan fingerprint density at radius 1 is 1.24 bits per heavy atom.